The molecule has 0 radical (unpaired) electrons. The van der Waals surface area contributed by atoms with Crippen LogP contribution in [0.15, 0.2) is 77.3 Å². The van der Waals surface area contributed by atoms with Crippen molar-refractivity contribution in [3.05, 3.63) is 89.5 Å². The molecule has 4 aromatic rings. The number of nitrogens with zero attached hydrogens (tertiary/aromatic N) is 3. The predicted octanol–water partition coefficient (Wildman–Crippen LogP) is 5.19. The van der Waals surface area contributed by atoms with Crippen molar-refractivity contribution in [1.29, 1.82) is 0 Å². The van der Waals surface area contributed by atoms with E-state index in [1.165, 1.54) is 0 Å². The minimum absolute atomic E-state index is 0.0367. The molecule has 8 heteroatoms. The third-order valence-electron chi connectivity index (χ3n) is 6.30. The highest BCUT2D eigenvalue weighted by molar-refractivity contribution is 5.96. The van der Waals surface area contributed by atoms with Crippen molar-refractivity contribution >= 4 is 17.6 Å². The monoisotopic (exact) mass is 512 g/mol. The molecular weight excluding hydrogens is 480 g/mol. The van der Waals surface area contributed by atoms with E-state index in [1.807, 2.05) is 67.5 Å². The highest BCUT2D eigenvalue weighted by Crippen LogP contribution is 2.26. The Morgan fingerprint density at radius 2 is 1.66 bits per heavy atom. The Labute approximate surface area is 222 Å². The quantitative estimate of drug-likeness (QED) is 0.334. The lowest BCUT2D eigenvalue weighted by molar-refractivity contribution is -0.139. The molecule has 0 aliphatic rings. The lowest BCUT2D eigenvalue weighted by Gasteiger charge is -2.19. The van der Waals surface area contributed by atoms with Crippen LogP contribution in [0, 0.1) is 0 Å². The molecule has 0 unspecified atom stereocenters. The van der Waals surface area contributed by atoms with Gasteiger partial charge in [0.1, 0.15) is 6.04 Å². The number of carboxylic acids is 1. The Balaban J connectivity index is 1.44. The molecule has 1 atom stereocenters. The summed E-state index contributed by atoms with van der Waals surface area (Å²) < 4.78 is 5.47. The molecule has 1 heterocycles. The molecule has 1 aromatic heterocycles. The minimum atomic E-state index is -1.10. The van der Waals surface area contributed by atoms with Gasteiger partial charge >= 0.3 is 5.97 Å². The number of hydrogen-bond acceptors (Lipinski definition) is 6. The number of rotatable bonds is 8. The first kappa shape index (κ1) is 26.6. The largest absolute Gasteiger partial charge is 0.480 e. The molecule has 0 fully saturated rings. The molecule has 4 rings (SSSR count). The molecule has 8 nitrogen and oxygen atoms in total. The Morgan fingerprint density at radius 1 is 0.974 bits per heavy atom. The summed E-state index contributed by atoms with van der Waals surface area (Å²) in [5.41, 5.74) is 4.82. The molecule has 0 aliphatic heterocycles. The van der Waals surface area contributed by atoms with Crippen molar-refractivity contribution in [2.75, 3.05) is 19.0 Å². The number of carbonyl (C=O) groups excluding carboxylic acids is 1. The van der Waals surface area contributed by atoms with Crippen molar-refractivity contribution < 1.29 is 19.2 Å². The number of hydrogen-bond donors (Lipinski definition) is 2. The summed E-state index contributed by atoms with van der Waals surface area (Å²) in [7, 11) is 3.93. The van der Waals surface area contributed by atoms with Gasteiger partial charge < -0.3 is 19.8 Å². The summed E-state index contributed by atoms with van der Waals surface area (Å²) in [6, 6.07) is 21.2. The average molecular weight is 513 g/mol. The molecule has 1 amide bonds. The van der Waals surface area contributed by atoms with Crippen LogP contribution in [0.3, 0.4) is 0 Å². The van der Waals surface area contributed by atoms with E-state index < -0.39 is 17.9 Å². The number of nitrogens with one attached hydrogen (secondary N) is 1. The van der Waals surface area contributed by atoms with Crippen LogP contribution in [0.2, 0.25) is 0 Å². The Morgan fingerprint density at radius 3 is 2.26 bits per heavy atom. The summed E-state index contributed by atoms with van der Waals surface area (Å²) in [6.45, 7) is 6.28. The van der Waals surface area contributed by atoms with Crippen molar-refractivity contribution in [2.24, 2.45) is 0 Å². The van der Waals surface area contributed by atoms with Crippen LogP contribution in [0.4, 0.5) is 5.69 Å². The third kappa shape index (κ3) is 6.26. The number of anilines is 1. The molecule has 0 bridgehead atoms. The Bertz CT molecular complexity index is 1420. The Kier molecular flexibility index (Phi) is 7.62. The number of amides is 1. The van der Waals surface area contributed by atoms with Crippen molar-refractivity contribution in [2.45, 2.75) is 38.6 Å². The molecule has 2 N–H and O–H groups in total. The van der Waals surface area contributed by atoms with Gasteiger partial charge in [0.05, 0.1) is 0 Å². The predicted molar refractivity (Wildman–Crippen MR) is 147 cm³/mol. The second-order valence-electron chi connectivity index (χ2n) is 10.5. The summed E-state index contributed by atoms with van der Waals surface area (Å²) in [5.74, 6) is -0.677. The van der Waals surface area contributed by atoms with Gasteiger partial charge in [-0.25, -0.2) is 4.79 Å². The fraction of sp³-hybridized carbons (Fsp3) is 0.267. The van der Waals surface area contributed by atoms with Crippen LogP contribution in [0.25, 0.3) is 22.8 Å². The summed E-state index contributed by atoms with van der Waals surface area (Å²) in [4.78, 5) is 31.1. The van der Waals surface area contributed by atoms with Gasteiger partial charge in [0.25, 0.3) is 11.8 Å². The van der Waals surface area contributed by atoms with E-state index >= 15 is 0 Å². The normalized spacial score (nSPS) is 12.1. The Hall–Kier alpha value is -4.46. The summed E-state index contributed by atoms with van der Waals surface area (Å²) >= 11 is 0. The van der Waals surface area contributed by atoms with Gasteiger partial charge in [-0.2, -0.15) is 4.98 Å². The maximum Gasteiger partial charge on any atom is 0.326 e. The number of carboxylic acid groups (broad SMARTS) is 1. The van der Waals surface area contributed by atoms with E-state index in [9.17, 15) is 14.7 Å². The fourth-order valence-electron chi connectivity index (χ4n) is 3.96. The molecule has 38 heavy (non-hydrogen) atoms. The van der Waals surface area contributed by atoms with Crippen molar-refractivity contribution in [3.8, 4) is 22.8 Å². The first-order valence-corrected chi connectivity index (χ1v) is 12.4. The smallest absolute Gasteiger partial charge is 0.326 e. The second kappa shape index (κ2) is 10.9. The zero-order valence-corrected chi connectivity index (χ0v) is 22.2. The van der Waals surface area contributed by atoms with Gasteiger partial charge in [0, 0.05) is 42.9 Å². The fourth-order valence-corrected chi connectivity index (χ4v) is 3.96. The molecule has 3 aromatic carbocycles. The third-order valence-corrected chi connectivity index (χ3v) is 6.30. The number of benzene rings is 3. The van der Waals surface area contributed by atoms with Gasteiger partial charge in [-0.15, -0.1) is 0 Å². The van der Waals surface area contributed by atoms with Crippen LogP contribution in [-0.2, 0) is 16.6 Å². The van der Waals surface area contributed by atoms with E-state index in [0.717, 1.165) is 27.9 Å². The number of aromatic nitrogens is 2. The van der Waals surface area contributed by atoms with Gasteiger partial charge in [0.2, 0.25) is 5.82 Å². The summed E-state index contributed by atoms with van der Waals surface area (Å²) in [6.07, 6.45) is 0.135. The van der Waals surface area contributed by atoms with Gasteiger partial charge in [0.15, 0.2) is 0 Å². The molecule has 0 aliphatic carbocycles. The van der Waals surface area contributed by atoms with E-state index in [1.54, 1.807) is 24.3 Å². The lowest BCUT2D eigenvalue weighted by atomic mass is 9.86. The maximum absolute atomic E-state index is 12.7. The van der Waals surface area contributed by atoms with Crippen molar-refractivity contribution in [1.82, 2.24) is 15.5 Å². The van der Waals surface area contributed by atoms with Crippen LogP contribution in [-0.4, -0.2) is 47.3 Å². The van der Waals surface area contributed by atoms with Crippen LogP contribution in [0.1, 0.15) is 42.3 Å². The van der Waals surface area contributed by atoms with E-state index in [2.05, 4.69) is 36.2 Å². The van der Waals surface area contributed by atoms with E-state index in [0.29, 0.717) is 17.3 Å². The van der Waals surface area contributed by atoms with Crippen LogP contribution < -0.4 is 10.2 Å². The molecular formula is C30H32N4O4. The van der Waals surface area contributed by atoms with Crippen LogP contribution in [0.5, 0.6) is 0 Å². The second-order valence-corrected chi connectivity index (χ2v) is 10.5. The molecule has 0 saturated carbocycles. The summed E-state index contributed by atoms with van der Waals surface area (Å²) in [5, 5.41) is 16.5. The number of carbonyl (C=O) groups is 2. The van der Waals surface area contributed by atoms with E-state index in [4.69, 9.17) is 4.52 Å². The maximum atomic E-state index is 12.7. The molecule has 0 saturated heterocycles. The average Bonchev–Trinajstić information content (AvgIpc) is 3.39. The molecule has 196 valence electrons. The SMILES string of the molecule is CN(C)c1cccc(-c2nc(-c3ccc(C[C@H](NC(=O)c4ccc(C(C)(C)C)cc4)C(=O)O)cc3)no2)c1. The zero-order valence-electron chi connectivity index (χ0n) is 22.2. The standard InChI is InChI=1S/C30H32N4O4/c1-30(2,3)23-15-13-21(14-16-23)27(35)31-25(29(36)37)17-19-9-11-20(12-10-19)26-32-28(38-33-26)22-7-6-8-24(18-22)34(4)5/h6-16,18,25H,17H2,1-5H3,(H,31,35)(H,36,37)/t25-/m0/s1. The topological polar surface area (TPSA) is 109 Å². The van der Waals surface area contributed by atoms with Gasteiger partial charge in [-0.3, -0.25) is 4.79 Å². The first-order valence-electron chi connectivity index (χ1n) is 12.4. The first-order chi connectivity index (χ1) is 18.0. The van der Waals surface area contributed by atoms with Crippen LogP contribution >= 0.6 is 0 Å². The van der Waals surface area contributed by atoms with E-state index in [-0.39, 0.29) is 11.8 Å². The lowest BCUT2D eigenvalue weighted by Crippen LogP contribution is -2.42. The minimum Gasteiger partial charge on any atom is -0.480 e. The van der Waals surface area contributed by atoms with Gasteiger partial charge in [-0.1, -0.05) is 68.4 Å². The zero-order chi connectivity index (χ0) is 27.4. The van der Waals surface area contributed by atoms with Crippen molar-refractivity contribution in [3.63, 3.8) is 0 Å². The molecule has 0 spiro atoms. The highest BCUT2D eigenvalue weighted by Gasteiger charge is 2.22. The number of aliphatic carboxylic acids is 1. The van der Waals surface area contributed by atoms with Gasteiger partial charge in [-0.05, 0) is 46.9 Å². The highest BCUT2D eigenvalue weighted by atomic mass is 16.5.